The third-order valence-corrected chi connectivity index (χ3v) is 3.53. The van der Waals surface area contributed by atoms with Crippen molar-refractivity contribution in [3.8, 4) is 0 Å². The van der Waals surface area contributed by atoms with Gasteiger partial charge in [0.15, 0.2) is 0 Å². The lowest BCUT2D eigenvalue weighted by Crippen LogP contribution is -2.19. The Morgan fingerprint density at radius 3 is 2.81 bits per heavy atom. The highest BCUT2D eigenvalue weighted by atomic mass is 19.1. The Morgan fingerprint density at radius 2 is 2.06 bits per heavy atom. The van der Waals surface area contributed by atoms with E-state index in [2.05, 4.69) is 5.32 Å². The lowest BCUT2D eigenvalue weighted by atomic mass is 10.1. The van der Waals surface area contributed by atoms with E-state index >= 15 is 0 Å². The van der Waals surface area contributed by atoms with Crippen LogP contribution in [0.3, 0.4) is 0 Å². The summed E-state index contributed by atoms with van der Waals surface area (Å²) in [5, 5.41) is 3.44. The third kappa shape index (κ3) is 2.09. The summed E-state index contributed by atoms with van der Waals surface area (Å²) in [6, 6.07) is 4.45. The molecule has 0 amide bonds. The molecule has 0 aromatic heterocycles. The van der Waals surface area contributed by atoms with Crippen LogP contribution in [0.4, 0.5) is 8.78 Å². The molecule has 2 fully saturated rings. The van der Waals surface area contributed by atoms with Crippen LogP contribution in [0.1, 0.15) is 30.7 Å². The van der Waals surface area contributed by atoms with Crippen LogP contribution >= 0.6 is 0 Å². The summed E-state index contributed by atoms with van der Waals surface area (Å²) >= 11 is 0. The largest absolute Gasteiger partial charge is 0.314 e. The van der Waals surface area contributed by atoms with Gasteiger partial charge in [-0.2, -0.15) is 0 Å². The van der Waals surface area contributed by atoms with Crippen LogP contribution in [0.2, 0.25) is 0 Å². The summed E-state index contributed by atoms with van der Waals surface area (Å²) in [6.07, 6.45) is 3.53. The highest BCUT2D eigenvalue weighted by molar-refractivity contribution is 5.28. The first kappa shape index (κ1) is 10.2. The lowest BCUT2D eigenvalue weighted by molar-refractivity contribution is 0.574. The van der Waals surface area contributed by atoms with Gasteiger partial charge in [-0.15, -0.1) is 0 Å². The molecule has 0 aliphatic heterocycles. The first-order valence-electron chi connectivity index (χ1n) is 5.92. The van der Waals surface area contributed by atoms with Crippen LogP contribution in [-0.2, 0) is 0 Å². The maximum atomic E-state index is 13.5. The second kappa shape index (κ2) is 3.81. The van der Waals surface area contributed by atoms with Gasteiger partial charge in [0.05, 0.1) is 0 Å². The van der Waals surface area contributed by atoms with E-state index in [-0.39, 0.29) is 17.6 Å². The van der Waals surface area contributed by atoms with Gasteiger partial charge >= 0.3 is 0 Å². The van der Waals surface area contributed by atoms with E-state index in [1.165, 1.54) is 31.0 Å². The molecule has 0 spiro atoms. The van der Waals surface area contributed by atoms with Gasteiger partial charge in [-0.25, -0.2) is 8.78 Å². The van der Waals surface area contributed by atoms with Gasteiger partial charge in [0.1, 0.15) is 11.6 Å². The van der Waals surface area contributed by atoms with Gasteiger partial charge in [0.2, 0.25) is 0 Å². The second-order valence-corrected chi connectivity index (χ2v) is 4.95. The summed E-state index contributed by atoms with van der Waals surface area (Å²) < 4.78 is 26.5. The minimum absolute atomic E-state index is 0.224. The molecule has 2 saturated carbocycles. The minimum atomic E-state index is -0.336. The topological polar surface area (TPSA) is 12.0 Å². The normalized spacial score (nSPS) is 28.1. The Kier molecular flexibility index (Phi) is 2.43. The van der Waals surface area contributed by atoms with Crippen LogP contribution < -0.4 is 5.32 Å². The molecule has 1 aromatic rings. The standard InChI is InChI=1S/C13H15F2N/c14-9-1-4-13(15)12(6-9)11-5-8(11)7-16-10-2-3-10/h1,4,6,8,10-11,16H,2-3,5,7H2. The second-order valence-electron chi connectivity index (χ2n) is 4.95. The number of hydrogen-bond donors (Lipinski definition) is 1. The van der Waals surface area contributed by atoms with Gasteiger partial charge < -0.3 is 5.32 Å². The highest BCUT2D eigenvalue weighted by Crippen LogP contribution is 2.48. The molecule has 2 aliphatic carbocycles. The SMILES string of the molecule is Fc1ccc(F)c(C2CC2CNC2CC2)c1. The van der Waals surface area contributed by atoms with Gasteiger partial charge in [-0.1, -0.05) is 0 Å². The van der Waals surface area contributed by atoms with Crippen molar-refractivity contribution in [1.29, 1.82) is 0 Å². The molecule has 3 rings (SSSR count). The van der Waals surface area contributed by atoms with E-state index in [0.717, 1.165) is 13.0 Å². The predicted molar refractivity (Wildman–Crippen MR) is 58.2 cm³/mol. The smallest absolute Gasteiger partial charge is 0.126 e. The maximum Gasteiger partial charge on any atom is 0.126 e. The Hall–Kier alpha value is -0.960. The van der Waals surface area contributed by atoms with Crippen molar-refractivity contribution in [2.24, 2.45) is 5.92 Å². The summed E-state index contributed by atoms with van der Waals surface area (Å²) in [7, 11) is 0. The number of benzene rings is 1. The molecular formula is C13H15F2N. The first-order valence-corrected chi connectivity index (χ1v) is 5.92. The monoisotopic (exact) mass is 223 g/mol. The zero-order valence-electron chi connectivity index (χ0n) is 9.05. The van der Waals surface area contributed by atoms with Crippen molar-refractivity contribution in [2.75, 3.05) is 6.54 Å². The van der Waals surface area contributed by atoms with Crippen molar-refractivity contribution in [1.82, 2.24) is 5.32 Å². The first-order chi connectivity index (χ1) is 7.74. The number of rotatable bonds is 4. The summed E-state index contributed by atoms with van der Waals surface area (Å²) in [6.45, 7) is 0.950. The fourth-order valence-electron chi connectivity index (χ4n) is 2.26. The molecule has 0 heterocycles. The van der Waals surface area contributed by atoms with Gasteiger partial charge in [-0.05, 0) is 61.4 Å². The number of hydrogen-bond acceptors (Lipinski definition) is 1. The molecule has 1 aromatic carbocycles. The highest BCUT2D eigenvalue weighted by Gasteiger charge is 2.40. The van der Waals surface area contributed by atoms with Crippen LogP contribution in [0.25, 0.3) is 0 Å². The molecule has 0 bridgehead atoms. The number of halogens is 2. The summed E-state index contributed by atoms with van der Waals surface area (Å²) in [4.78, 5) is 0. The van der Waals surface area contributed by atoms with Gasteiger partial charge in [0.25, 0.3) is 0 Å². The van der Waals surface area contributed by atoms with Crippen molar-refractivity contribution in [2.45, 2.75) is 31.2 Å². The number of nitrogens with one attached hydrogen (secondary N) is 1. The molecule has 2 unspecified atom stereocenters. The van der Waals surface area contributed by atoms with Crippen LogP contribution in [0.15, 0.2) is 18.2 Å². The van der Waals surface area contributed by atoms with Crippen LogP contribution in [0, 0.1) is 17.6 Å². The third-order valence-electron chi connectivity index (χ3n) is 3.53. The van der Waals surface area contributed by atoms with E-state index in [9.17, 15) is 8.78 Å². The van der Waals surface area contributed by atoms with Gasteiger partial charge in [0, 0.05) is 6.04 Å². The molecule has 0 radical (unpaired) electrons. The molecule has 16 heavy (non-hydrogen) atoms. The van der Waals surface area contributed by atoms with E-state index in [4.69, 9.17) is 0 Å². The zero-order chi connectivity index (χ0) is 11.1. The van der Waals surface area contributed by atoms with E-state index in [1.807, 2.05) is 0 Å². The Labute approximate surface area is 93.9 Å². The van der Waals surface area contributed by atoms with E-state index in [1.54, 1.807) is 0 Å². The van der Waals surface area contributed by atoms with Crippen molar-refractivity contribution < 1.29 is 8.78 Å². The quantitative estimate of drug-likeness (QED) is 0.827. The average molecular weight is 223 g/mol. The van der Waals surface area contributed by atoms with Crippen molar-refractivity contribution >= 4 is 0 Å². The molecule has 2 atom stereocenters. The van der Waals surface area contributed by atoms with Gasteiger partial charge in [-0.3, -0.25) is 0 Å². The lowest BCUT2D eigenvalue weighted by Gasteiger charge is -2.04. The molecule has 1 nitrogen and oxygen atoms in total. The van der Waals surface area contributed by atoms with E-state index in [0.29, 0.717) is 17.5 Å². The summed E-state index contributed by atoms with van der Waals surface area (Å²) in [5.74, 6) is 0.122. The van der Waals surface area contributed by atoms with E-state index < -0.39 is 0 Å². The molecule has 3 heteroatoms. The fourth-order valence-corrected chi connectivity index (χ4v) is 2.26. The average Bonchev–Trinajstić information content (AvgIpc) is 3.13. The zero-order valence-corrected chi connectivity index (χ0v) is 9.05. The Balaban J connectivity index is 1.62. The van der Waals surface area contributed by atoms with Crippen molar-refractivity contribution in [3.63, 3.8) is 0 Å². The predicted octanol–water partition coefficient (Wildman–Crippen LogP) is 2.82. The molecular weight excluding hydrogens is 208 g/mol. The Morgan fingerprint density at radius 1 is 1.25 bits per heavy atom. The molecule has 86 valence electrons. The van der Waals surface area contributed by atoms with Crippen LogP contribution in [0.5, 0.6) is 0 Å². The molecule has 0 saturated heterocycles. The maximum absolute atomic E-state index is 13.5. The summed E-state index contributed by atoms with van der Waals surface area (Å²) in [5.41, 5.74) is 0.558. The molecule has 2 aliphatic rings. The molecule has 1 N–H and O–H groups in total. The Bertz CT molecular complexity index is 401. The van der Waals surface area contributed by atoms with Crippen molar-refractivity contribution in [3.05, 3.63) is 35.4 Å². The van der Waals surface area contributed by atoms with Crippen LogP contribution in [-0.4, -0.2) is 12.6 Å². The minimum Gasteiger partial charge on any atom is -0.314 e. The fraction of sp³-hybridized carbons (Fsp3) is 0.538.